The third kappa shape index (κ3) is 3.93. The van der Waals surface area contributed by atoms with E-state index in [0.29, 0.717) is 12.3 Å². The van der Waals surface area contributed by atoms with Crippen LogP contribution < -0.4 is 5.32 Å². The maximum Gasteiger partial charge on any atom is 0.332 e. The van der Waals surface area contributed by atoms with E-state index < -0.39 is 12.1 Å². The third-order valence-electron chi connectivity index (χ3n) is 4.00. The first-order valence-corrected chi connectivity index (χ1v) is 6.92. The maximum absolute atomic E-state index is 10.7. The first-order chi connectivity index (χ1) is 8.65. The molecule has 0 spiro atoms. The van der Waals surface area contributed by atoms with Gasteiger partial charge in [0.05, 0.1) is 12.2 Å². The summed E-state index contributed by atoms with van der Waals surface area (Å²) in [5, 5.41) is 21.6. The summed E-state index contributed by atoms with van der Waals surface area (Å²) in [6.45, 7) is 1.69. The Morgan fingerprint density at radius 2 is 1.83 bits per heavy atom. The van der Waals surface area contributed by atoms with Crippen LogP contribution >= 0.6 is 0 Å². The molecule has 0 aromatic carbocycles. The highest BCUT2D eigenvalue weighted by molar-refractivity contribution is 5.72. The summed E-state index contributed by atoms with van der Waals surface area (Å²) >= 11 is 0. The highest BCUT2D eigenvalue weighted by Gasteiger charge is 2.30. The zero-order valence-corrected chi connectivity index (χ0v) is 10.7. The van der Waals surface area contributed by atoms with Gasteiger partial charge in [0.25, 0.3) is 0 Å². The minimum atomic E-state index is -0.848. The Morgan fingerprint density at radius 3 is 2.44 bits per heavy atom. The van der Waals surface area contributed by atoms with E-state index in [-0.39, 0.29) is 12.2 Å². The lowest BCUT2D eigenvalue weighted by atomic mass is 9.87. The van der Waals surface area contributed by atoms with Crippen LogP contribution in [0.5, 0.6) is 0 Å². The average Bonchev–Trinajstić information content (AvgIpc) is 2.81. The largest absolute Gasteiger partial charge is 0.479 e. The molecule has 1 heterocycles. The zero-order valence-electron chi connectivity index (χ0n) is 10.7. The second kappa shape index (κ2) is 6.50. The predicted octanol–water partition coefficient (Wildman–Crippen LogP) is 0.759. The molecule has 1 saturated carbocycles. The van der Waals surface area contributed by atoms with E-state index in [0.717, 1.165) is 45.2 Å². The summed E-state index contributed by atoms with van der Waals surface area (Å²) in [7, 11) is 0. The molecular weight excluding hydrogens is 234 g/mol. The van der Waals surface area contributed by atoms with Crippen molar-refractivity contribution in [3.8, 4) is 0 Å². The van der Waals surface area contributed by atoms with Crippen molar-refractivity contribution in [2.24, 2.45) is 5.92 Å². The molecule has 0 amide bonds. The van der Waals surface area contributed by atoms with Crippen molar-refractivity contribution >= 4 is 5.97 Å². The molecule has 18 heavy (non-hydrogen) atoms. The van der Waals surface area contributed by atoms with E-state index in [1.54, 1.807) is 0 Å². The molecular formula is C13H23NO4. The summed E-state index contributed by atoms with van der Waals surface area (Å²) in [5.41, 5.74) is 0. The lowest BCUT2D eigenvalue weighted by molar-refractivity contribution is -0.149. The van der Waals surface area contributed by atoms with Gasteiger partial charge in [-0.2, -0.15) is 0 Å². The van der Waals surface area contributed by atoms with Gasteiger partial charge in [0, 0.05) is 6.54 Å². The first-order valence-electron chi connectivity index (χ1n) is 6.92. The summed E-state index contributed by atoms with van der Waals surface area (Å²) in [6.07, 6.45) is 4.76. The van der Waals surface area contributed by atoms with Crippen LogP contribution in [0.1, 0.15) is 38.5 Å². The molecule has 0 aromatic heterocycles. The van der Waals surface area contributed by atoms with Crippen LogP contribution in [-0.2, 0) is 9.53 Å². The summed E-state index contributed by atoms with van der Waals surface area (Å²) in [5.74, 6) is -0.205. The Balaban J connectivity index is 1.57. The number of aliphatic carboxylic acids is 1. The second-order valence-electron chi connectivity index (χ2n) is 5.50. The second-order valence-corrected chi connectivity index (χ2v) is 5.50. The average molecular weight is 257 g/mol. The smallest absolute Gasteiger partial charge is 0.332 e. The third-order valence-corrected chi connectivity index (χ3v) is 4.00. The van der Waals surface area contributed by atoms with Gasteiger partial charge >= 0.3 is 5.97 Å². The van der Waals surface area contributed by atoms with Gasteiger partial charge < -0.3 is 20.3 Å². The molecule has 104 valence electrons. The molecule has 2 rings (SSSR count). The minimum absolute atomic E-state index is 0.0419. The van der Waals surface area contributed by atoms with Gasteiger partial charge in [0.2, 0.25) is 0 Å². The summed E-state index contributed by atoms with van der Waals surface area (Å²) in [6, 6.07) is 0. The van der Waals surface area contributed by atoms with Gasteiger partial charge in [0.1, 0.15) is 0 Å². The Bertz CT molecular complexity index is 276. The number of aliphatic hydroxyl groups excluding tert-OH is 1. The quantitative estimate of drug-likeness (QED) is 0.677. The van der Waals surface area contributed by atoms with E-state index in [1.807, 2.05) is 0 Å². The Kier molecular flexibility index (Phi) is 4.97. The summed E-state index contributed by atoms with van der Waals surface area (Å²) < 4.78 is 5.43. The number of carbonyl (C=O) groups is 1. The Labute approximate surface area is 108 Å². The molecule has 0 bridgehead atoms. The molecule has 0 aromatic rings. The molecule has 2 unspecified atom stereocenters. The van der Waals surface area contributed by atoms with Crippen molar-refractivity contribution < 1.29 is 19.7 Å². The van der Waals surface area contributed by atoms with Gasteiger partial charge in [0.15, 0.2) is 6.10 Å². The van der Waals surface area contributed by atoms with Gasteiger partial charge in [-0.15, -0.1) is 0 Å². The number of rotatable bonds is 5. The van der Waals surface area contributed by atoms with E-state index in [2.05, 4.69) is 5.32 Å². The predicted molar refractivity (Wildman–Crippen MR) is 66.4 cm³/mol. The van der Waals surface area contributed by atoms with Crippen LogP contribution in [0.3, 0.4) is 0 Å². The van der Waals surface area contributed by atoms with Gasteiger partial charge in [-0.25, -0.2) is 4.79 Å². The van der Waals surface area contributed by atoms with Crippen LogP contribution in [0.2, 0.25) is 0 Å². The van der Waals surface area contributed by atoms with Crippen molar-refractivity contribution in [1.82, 2.24) is 5.32 Å². The fourth-order valence-corrected chi connectivity index (χ4v) is 2.83. The van der Waals surface area contributed by atoms with Gasteiger partial charge in [-0.3, -0.25) is 0 Å². The number of nitrogens with one attached hydrogen (secondary N) is 1. The van der Waals surface area contributed by atoms with Crippen LogP contribution in [0, 0.1) is 5.92 Å². The molecule has 2 aliphatic rings. The van der Waals surface area contributed by atoms with E-state index in [4.69, 9.17) is 9.84 Å². The van der Waals surface area contributed by atoms with E-state index in [1.165, 1.54) is 0 Å². The van der Waals surface area contributed by atoms with Crippen molar-refractivity contribution in [1.29, 1.82) is 0 Å². The fourth-order valence-electron chi connectivity index (χ4n) is 2.83. The van der Waals surface area contributed by atoms with Crippen molar-refractivity contribution in [2.45, 2.75) is 56.8 Å². The van der Waals surface area contributed by atoms with Gasteiger partial charge in [-0.1, -0.05) is 0 Å². The first kappa shape index (κ1) is 13.8. The molecule has 1 aliphatic carbocycles. The number of hydrogen-bond donors (Lipinski definition) is 3. The molecule has 2 fully saturated rings. The highest BCUT2D eigenvalue weighted by Crippen LogP contribution is 2.24. The molecule has 3 N–H and O–H groups in total. The topological polar surface area (TPSA) is 78.8 Å². The molecule has 1 aliphatic heterocycles. The van der Waals surface area contributed by atoms with Crippen LogP contribution in [0.15, 0.2) is 0 Å². The highest BCUT2D eigenvalue weighted by atomic mass is 16.5. The Morgan fingerprint density at radius 1 is 1.11 bits per heavy atom. The lowest BCUT2D eigenvalue weighted by Crippen LogP contribution is -2.33. The van der Waals surface area contributed by atoms with Crippen molar-refractivity contribution in [2.75, 3.05) is 13.1 Å². The fraction of sp³-hybridized carbons (Fsp3) is 0.923. The lowest BCUT2D eigenvalue weighted by Gasteiger charge is -2.26. The normalized spacial score (nSPS) is 36.7. The molecule has 1 saturated heterocycles. The number of carboxylic acids is 1. The van der Waals surface area contributed by atoms with Crippen LogP contribution in [0.25, 0.3) is 0 Å². The monoisotopic (exact) mass is 257 g/mol. The molecule has 0 radical (unpaired) electrons. The van der Waals surface area contributed by atoms with Crippen LogP contribution in [0.4, 0.5) is 0 Å². The van der Waals surface area contributed by atoms with E-state index in [9.17, 15) is 9.90 Å². The number of aliphatic hydroxyl groups is 1. The summed E-state index contributed by atoms with van der Waals surface area (Å²) in [4.78, 5) is 10.7. The molecule has 5 nitrogen and oxygen atoms in total. The Hall–Kier alpha value is -0.650. The van der Waals surface area contributed by atoms with Crippen molar-refractivity contribution in [3.05, 3.63) is 0 Å². The van der Waals surface area contributed by atoms with E-state index >= 15 is 0 Å². The van der Waals surface area contributed by atoms with Crippen molar-refractivity contribution in [3.63, 3.8) is 0 Å². The zero-order chi connectivity index (χ0) is 13.0. The number of carboxylic acid groups (broad SMARTS) is 1. The minimum Gasteiger partial charge on any atom is -0.479 e. The molecule has 5 heteroatoms. The standard InChI is InChI=1S/C13H23NO4/c15-10-3-1-9(2-4-10)7-14-8-11-5-6-12(18-11)13(16)17/h9-12,14-15H,1-8H2,(H,16,17). The molecule has 2 atom stereocenters. The number of ether oxygens (including phenoxy) is 1. The SMILES string of the molecule is O=C(O)C1CCC(CNCC2CCC(O)CC2)O1. The van der Waals surface area contributed by atoms with Gasteiger partial charge in [-0.05, 0) is 51.0 Å². The van der Waals surface area contributed by atoms with Crippen LogP contribution in [-0.4, -0.2) is 47.6 Å². The maximum atomic E-state index is 10.7. The number of hydrogen-bond acceptors (Lipinski definition) is 4.